The van der Waals surface area contributed by atoms with Crippen molar-refractivity contribution in [1.82, 2.24) is 9.55 Å². The zero-order valence-corrected chi connectivity index (χ0v) is 12.4. The molecule has 0 amide bonds. The van der Waals surface area contributed by atoms with Crippen molar-refractivity contribution in [2.45, 2.75) is 52.2 Å². The maximum absolute atomic E-state index is 10.2. The van der Waals surface area contributed by atoms with Crippen LogP contribution in [0.5, 0.6) is 0 Å². The largest absolute Gasteiger partial charge is 0.393 e. The number of aliphatic hydroxyl groups is 1. The van der Waals surface area contributed by atoms with Gasteiger partial charge in [0.1, 0.15) is 5.82 Å². The summed E-state index contributed by atoms with van der Waals surface area (Å²) >= 11 is 0. The average Bonchev–Trinajstić information content (AvgIpc) is 2.86. The van der Waals surface area contributed by atoms with Crippen molar-refractivity contribution >= 4 is 0 Å². The van der Waals surface area contributed by atoms with E-state index < -0.39 is 0 Å². The highest BCUT2D eigenvalue weighted by atomic mass is 16.3. The van der Waals surface area contributed by atoms with E-state index in [4.69, 9.17) is 0 Å². The van der Waals surface area contributed by atoms with E-state index in [2.05, 4.69) is 47.7 Å². The summed E-state index contributed by atoms with van der Waals surface area (Å²) < 4.78 is 2.13. The highest BCUT2D eigenvalue weighted by Crippen LogP contribution is 2.11. The molecular formula is C17H24N2O. The molecule has 0 bridgehead atoms. The van der Waals surface area contributed by atoms with Crippen molar-refractivity contribution < 1.29 is 5.11 Å². The minimum absolute atomic E-state index is 0.325. The molecule has 0 aliphatic carbocycles. The van der Waals surface area contributed by atoms with E-state index in [9.17, 15) is 5.11 Å². The SMILES string of the molecule is CCCn1ccnc1CC(O)CCc1ccc(C)cc1. The first-order valence-electron chi connectivity index (χ1n) is 7.42. The summed E-state index contributed by atoms with van der Waals surface area (Å²) in [5.74, 6) is 0.989. The second-order valence-electron chi connectivity index (χ2n) is 5.42. The summed E-state index contributed by atoms with van der Waals surface area (Å²) in [5.41, 5.74) is 2.56. The molecule has 2 rings (SSSR count). The Morgan fingerprint density at radius 2 is 2.00 bits per heavy atom. The van der Waals surface area contributed by atoms with Crippen LogP contribution < -0.4 is 0 Å². The van der Waals surface area contributed by atoms with Crippen LogP contribution in [-0.2, 0) is 19.4 Å². The summed E-state index contributed by atoms with van der Waals surface area (Å²) in [5, 5.41) is 10.2. The van der Waals surface area contributed by atoms with Crippen molar-refractivity contribution in [2.75, 3.05) is 0 Å². The van der Waals surface area contributed by atoms with Crippen molar-refractivity contribution in [3.63, 3.8) is 0 Å². The predicted molar refractivity (Wildman–Crippen MR) is 81.7 cm³/mol. The van der Waals surface area contributed by atoms with Crippen LogP contribution in [0, 0.1) is 6.92 Å². The van der Waals surface area contributed by atoms with Crippen molar-refractivity contribution in [3.8, 4) is 0 Å². The number of benzene rings is 1. The fourth-order valence-corrected chi connectivity index (χ4v) is 2.38. The Morgan fingerprint density at radius 1 is 1.25 bits per heavy atom. The first-order chi connectivity index (χ1) is 9.69. The molecule has 1 heterocycles. The smallest absolute Gasteiger partial charge is 0.111 e. The number of aromatic nitrogens is 2. The van der Waals surface area contributed by atoms with Crippen LogP contribution in [0.15, 0.2) is 36.7 Å². The van der Waals surface area contributed by atoms with E-state index in [0.29, 0.717) is 6.42 Å². The van der Waals surface area contributed by atoms with Crippen LogP contribution in [0.3, 0.4) is 0 Å². The molecular weight excluding hydrogens is 248 g/mol. The van der Waals surface area contributed by atoms with Gasteiger partial charge >= 0.3 is 0 Å². The molecule has 1 aromatic heterocycles. The lowest BCUT2D eigenvalue weighted by atomic mass is 10.0. The van der Waals surface area contributed by atoms with Crippen LogP contribution in [0.4, 0.5) is 0 Å². The highest BCUT2D eigenvalue weighted by Gasteiger charge is 2.10. The number of nitrogens with zero attached hydrogens (tertiary/aromatic N) is 2. The van der Waals surface area contributed by atoms with Gasteiger partial charge in [-0.2, -0.15) is 0 Å². The maximum atomic E-state index is 10.2. The van der Waals surface area contributed by atoms with Crippen molar-refractivity contribution in [2.24, 2.45) is 0 Å². The van der Waals surface area contributed by atoms with Crippen molar-refractivity contribution in [1.29, 1.82) is 0 Å². The van der Waals surface area contributed by atoms with Crippen molar-refractivity contribution in [3.05, 3.63) is 53.6 Å². The zero-order valence-electron chi connectivity index (χ0n) is 12.4. The van der Waals surface area contributed by atoms with Gasteiger partial charge in [-0.15, -0.1) is 0 Å². The molecule has 108 valence electrons. The first-order valence-corrected chi connectivity index (χ1v) is 7.42. The zero-order chi connectivity index (χ0) is 14.4. The number of imidazole rings is 1. The van der Waals surface area contributed by atoms with Gasteiger partial charge in [0.2, 0.25) is 0 Å². The second kappa shape index (κ2) is 7.25. The van der Waals surface area contributed by atoms with Gasteiger partial charge in [-0.25, -0.2) is 4.98 Å². The molecule has 1 unspecified atom stereocenters. The third-order valence-corrected chi connectivity index (χ3v) is 3.57. The Bertz CT molecular complexity index is 516. The summed E-state index contributed by atoms with van der Waals surface area (Å²) in [6.07, 6.45) is 6.90. The number of hydrogen-bond donors (Lipinski definition) is 1. The lowest BCUT2D eigenvalue weighted by Crippen LogP contribution is -2.15. The van der Waals surface area contributed by atoms with Gasteiger partial charge in [0.25, 0.3) is 0 Å². The van der Waals surface area contributed by atoms with E-state index in [-0.39, 0.29) is 6.10 Å². The third-order valence-electron chi connectivity index (χ3n) is 3.57. The quantitative estimate of drug-likeness (QED) is 0.841. The number of hydrogen-bond acceptors (Lipinski definition) is 2. The molecule has 3 heteroatoms. The van der Waals surface area contributed by atoms with Crippen LogP contribution >= 0.6 is 0 Å². The maximum Gasteiger partial charge on any atom is 0.111 e. The molecule has 0 saturated heterocycles. The summed E-state index contributed by atoms with van der Waals surface area (Å²) in [6.45, 7) is 5.21. The van der Waals surface area contributed by atoms with Gasteiger partial charge in [0.15, 0.2) is 0 Å². The van der Waals surface area contributed by atoms with Crippen LogP contribution in [-0.4, -0.2) is 20.8 Å². The minimum atomic E-state index is -0.325. The summed E-state index contributed by atoms with van der Waals surface area (Å²) in [7, 11) is 0. The molecule has 3 nitrogen and oxygen atoms in total. The van der Waals surface area contributed by atoms with E-state index in [1.54, 1.807) is 0 Å². The normalized spacial score (nSPS) is 12.6. The Balaban J connectivity index is 1.84. The summed E-state index contributed by atoms with van der Waals surface area (Å²) in [6, 6.07) is 8.52. The van der Waals surface area contributed by atoms with Crippen LogP contribution in [0.1, 0.15) is 36.7 Å². The molecule has 0 fully saturated rings. The molecule has 0 saturated carbocycles. The fraction of sp³-hybridized carbons (Fsp3) is 0.471. The molecule has 1 N–H and O–H groups in total. The van der Waals surface area contributed by atoms with Gasteiger partial charge < -0.3 is 9.67 Å². The first kappa shape index (κ1) is 14.8. The molecule has 0 aliphatic heterocycles. The molecule has 20 heavy (non-hydrogen) atoms. The standard InChI is InChI=1S/C17H24N2O/c1-3-11-19-12-10-18-17(19)13-16(20)9-8-15-6-4-14(2)5-7-15/h4-7,10,12,16,20H,3,8-9,11,13H2,1-2H3. The summed E-state index contributed by atoms with van der Waals surface area (Å²) in [4.78, 5) is 4.34. The average molecular weight is 272 g/mol. The Hall–Kier alpha value is -1.61. The van der Waals surface area contributed by atoms with E-state index in [0.717, 1.165) is 31.6 Å². The van der Waals surface area contributed by atoms with E-state index in [1.807, 2.05) is 12.4 Å². The van der Waals surface area contributed by atoms with Gasteiger partial charge in [0.05, 0.1) is 6.10 Å². The van der Waals surface area contributed by atoms with Gasteiger partial charge in [-0.3, -0.25) is 0 Å². The molecule has 2 aromatic rings. The minimum Gasteiger partial charge on any atom is -0.393 e. The van der Waals surface area contributed by atoms with Crippen LogP contribution in [0.25, 0.3) is 0 Å². The Morgan fingerprint density at radius 3 is 2.70 bits per heavy atom. The van der Waals surface area contributed by atoms with Gasteiger partial charge in [-0.05, 0) is 31.7 Å². The number of aliphatic hydroxyl groups excluding tert-OH is 1. The van der Waals surface area contributed by atoms with E-state index >= 15 is 0 Å². The molecule has 0 aliphatic rings. The monoisotopic (exact) mass is 272 g/mol. The molecule has 1 atom stereocenters. The van der Waals surface area contributed by atoms with Crippen LogP contribution in [0.2, 0.25) is 0 Å². The number of rotatable bonds is 7. The molecule has 0 spiro atoms. The second-order valence-corrected chi connectivity index (χ2v) is 5.42. The topological polar surface area (TPSA) is 38.0 Å². The number of aryl methyl sites for hydroxylation is 3. The lowest BCUT2D eigenvalue weighted by Gasteiger charge is -2.12. The lowest BCUT2D eigenvalue weighted by molar-refractivity contribution is 0.161. The molecule has 0 radical (unpaired) electrons. The predicted octanol–water partition coefficient (Wildman–Crippen LogP) is 3.14. The van der Waals surface area contributed by atoms with Gasteiger partial charge in [0, 0.05) is 25.4 Å². The Labute approximate surface area is 121 Å². The van der Waals surface area contributed by atoms with Gasteiger partial charge in [-0.1, -0.05) is 36.8 Å². The highest BCUT2D eigenvalue weighted by molar-refractivity contribution is 5.21. The molecule has 1 aromatic carbocycles. The Kier molecular flexibility index (Phi) is 5.36. The fourth-order valence-electron chi connectivity index (χ4n) is 2.38. The third kappa shape index (κ3) is 4.20. The van der Waals surface area contributed by atoms with E-state index in [1.165, 1.54) is 11.1 Å².